The maximum absolute atomic E-state index is 10.5. The largest absolute Gasteiger partial charge is 0.494 e. The van der Waals surface area contributed by atoms with Gasteiger partial charge in [-0.3, -0.25) is 4.57 Å². The number of methoxy groups -OCH3 is 1. The summed E-state index contributed by atoms with van der Waals surface area (Å²) < 4.78 is 6.59. The average Bonchev–Trinajstić information content (AvgIpc) is 2.86. The first-order valence-corrected chi connectivity index (χ1v) is 8.88. The summed E-state index contributed by atoms with van der Waals surface area (Å²) in [5.74, 6) is 0.216. The molecule has 0 aliphatic carbocycles. The van der Waals surface area contributed by atoms with Crippen molar-refractivity contribution in [2.45, 2.75) is 58.5 Å². The van der Waals surface area contributed by atoms with E-state index in [0.717, 1.165) is 36.1 Å². The molecule has 0 spiro atoms. The van der Waals surface area contributed by atoms with Gasteiger partial charge >= 0.3 is 0 Å². The molecule has 0 bridgehead atoms. The third-order valence-electron chi connectivity index (χ3n) is 4.34. The fourth-order valence-electron chi connectivity index (χ4n) is 2.98. The number of ether oxygens (including phenoxy) is 1. The normalized spacial score (nSPS) is 11.1. The number of unbranched alkanes of at least 4 members (excludes halogenated alkanes) is 5. The lowest BCUT2D eigenvalue weighted by Gasteiger charge is -2.08. The zero-order valence-corrected chi connectivity index (χ0v) is 14.8. The molecule has 0 aliphatic rings. The second-order valence-corrected chi connectivity index (χ2v) is 6.30. The van der Waals surface area contributed by atoms with Gasteiger partial charge in [-0.05, 0) is 30.5 Å². The summed E-state index contributed by atoms with van der Waals surface area (Å²) in [4.78, 5) is 0. The van der Waals surface area contributed by atoms with Crippen LogP contribution >= 0.6 is 0 Å². The van der Waals surface area contributed by atoms with E-state index in [1.54, 1.807) is 13.2 Å². The number of hydrogen-bond acceptors (Lipinski definition) is 3. The van der Waals surface area contributed by atoms with Crippen LogP contribution in [0.15, 0.2) is 30.3 Å². The van der Waals surface area contributed by atoms with E-state index in [0.29, 0.717) is 6.61 Å². The highest BCUT2D eigenvalue weighted by molar-refractivity contribution is 5.47. The highest BCUT2D eigenvalue weighted by Crippen LogP contribution is 2.32. The summed E-state index contributed by atoms with van der Waals surface area (Å²) in [5, 5.41) is 20.6. The predicted octanol–water partition coefficient (Wildman–Crippen LogP) is 4.94. The number of rotatable bonds is 10. The number of aryl methyl sites for hydroxylation is 1. The first-order chi connectivity index (χ1) is 11.7. The highest BCUT2D eigenvalue weighted by Gasteiger charge is 2.15. The lowest BCUT2D eigenvalue weighted by Crippen LogP contribution is -1.95. The molecule has 2 rings (SSSR count). The molecule has 0 radical (unpaired) electrons. The Morgan fingerprint density at radius 2 is 1.62 bits per heavy atom. The first kappa shape index (κ1) is 18.4. The summed E-state index contributed by atoms with van der Waals surface area (Å²) in [5.41, 5.74) is 2.61. The molecule has 0 unspecified atom stereocenters. The molecule has 1 heterocycles. The quantitative estimate of drug-likeness (QED) is 0.606. The molecule has 4 heteroatoms. The van der Waals surface area contributed by atoms with Crippen molar-refractivity contribution in [3.8, 4) is 17.4 Å². The Labute approximate surface area is 144 Å². The molecular formula is C20H29NO3. The van der Waals surface area contributed by atoms with E-state index in [1.165, 1.54) is 30.3 Å². The minimum absolute atomic E-state index is 0.0768. The molecule has 0 saturated heterocycles. The van der Waals surface area contributed by atoms with Crippen molar-refractivity contribution in [3.05, 3.63) is 41.5 Å². The zero-order valence-electron chi connectivity index (χ0n) is 14.8. The van der Waals surface area contributed by atoms with Crippen molar-refractivity contribution >= 4 is 0 Å². The van der Waals surface area contributed by atoms with Gasteiger partial charge in [0.05, 0.1) is 12.3 Å². The summed E-state index contributed by atoms with van der Waals surface area (Å²) in [7, 11) is 1.66. The number of aromatic hydroxyl groups is 2. The fraction of sp³-hybridized carbons (Fsp3) is 0.500. The van der Waals surface area contributed by atoms with Gasteiger partial charge in [-0.1, -0.05) is 51.2 Å². The van der Waals surface area contributed by atoms with Gasteiger partial charge in [0.2, 0.25) is 5.88 Å². The van der Waals surface area contributed by atoms with Crippen LogP contribution in [0.3, 0.4) is 0 Å². The number of nitrogens with zero attached hydrogens (tertiary/aromatic N) is 1. The summed E-state index contributed by atoms with van der Waals surface area (Å²) in [6.07, 6.45) is 8.05. The maximum Gasteiger partial charge on any atom is 0.201 e. The molecule has 0 amide bonds. The average molecular weight is 331 g/mol. The van der Waals surface area contributed by atoms with Crippen LogP contribution in [-0.4, -0.2) is 21.9 Å². The van der Waals surface area contributed by atoms with Crippen molar-refractivity contribution in [2.24, 2.45) is 0 Å². The van der Waals surface area contributed by atoms with E-state index in [2.05, 4.69) is 6.92 Å². The van der Waals surface area contributed by atoms with E-state index in [1.807, 2.05) is 24.3 Å². The highest BCUT2D eigenvalue weighted by atomic mass is 16.5. The second-order valence-electron chi connectivity index (χ2n) is 6.30. The number of hydrogen-bond donors (Lipinski definition) is 2. The number of benzene rings is 1. The van der Waals surface area contributed by atoms with Crippen LogP contribution in [0.2, 0.25) is 0 Å². The zero-order chi connectivity index (χ0) is 17.4. The third-order valence-corrected chi connectivity index (χ3v) is 4.34. The van der Waals surface area contributed by atoms with Crippen LogP contribution in [0.5, 0.6) is 11.8 Å². The van der Waals surface area contributed by atoms with Crippen molar-refractivity contribution in [1.82, 2.24) is 4.57 Å². The Bertz CT molecular complexity index is 617. The van der Waals surface area contributed by atoms with Crippen LogP contribution in [0, 0.1) is 0 Å². The molecule has 0 fully saturated rings. The molecule has 132 valence electrons. The summed E-state index contributed by atoms with van der Waals surface area (Å²) in [6.45, 7) is 2.76. The van der Waals surface area contributed by atoms with Gasteiger partial charge in [0, 0.05) is 18.7 Å². The van der Waals surface area contributed by atoms with E-state index in [9.17, 15) is 10.2 Å². The smallest absolute Gasteiger partial charge is 0.201 e. The van der Waals surface area contributed by atoms with Crippen molar-refractivity contribution in [3.63, 3.8) is 0 Å². The van der Waals surface area contributed by atoms with Crippen LogP contribution in [0.1, 0.15) is 56.6 Å². The van der Waals surface area contributed by atoms with Crippen LogP contribution in [-0.2, 0) is 17.8 Å². The van der Waals surface area contributed by atoms with Gasteiger partial charge in [-0.25, -0.2) is 0 Å². The lowest BCUT2D eigenvalue weighted by atomic mass is 10.1. The standard InChI is InChI=1S/C20H29NO3/c1-3-4-5-6-7-8-9-17-14-19(22)21(20(17)23)18-12-10-16(11-13-18)15-24-2/h10-14,22-23H,3-9,15H2,1-2H3. The molecule has 24 heavy (non-hydrogen) atoms. The molecule has 1 aromatic heterocycles. The monoisotopic (exact) mass is 331 g/mol. The summed E-state index contributed by atoms with van der Waals surface area (Å²) >= 11 is 0. The van der Waals surface area contributed by atoms with E-state index in [-0.39, 0.29) is 11.8 Å². The first-order valence-electron chi connectivity index (χ1n) is 8.88. The van der Waals surface area contributed by atoms with Crippen LogP contribution in [0.25, 0.3) is 5.69 Å². The van der Waals surface area contributed by atoms with E-state index < -0.39 is 0 Å². The minimum atomic E-state index is 0.0768. The van der Waals surface area contributed by atoms with Crippen LogP contribution < -0.4 is 0 Å². The van der Waals surface area contributed by atoms with Gasteiger partial charge in [-0.2, -0.15) is 0 Å². The SMILES string of the molecule is CCCCCCCCc1cc(O)n(-c2ccc(COC)cc2)c1O. The fourth-order valence-corrected chi connectivity index (χ4v) is 2.98. The van der Waals surface area contributed by atoms with Crippen LogP contribution in [0.4, 0.5) is 0 Å². The molecule has 0 aliphatic heterocycles. The molecule has 1 aromatic carbocycles. The third kappa shape index (κ3) is 4.78. The lowest BCUT2D eigenvalue weighted by molar-refractivity contribution is 0.185. The number of aromatic nitrogens is 1. The Morgan fingerprint density at radius 3 is 2.29 bits per heavy atom. The Balaban J connectivity index is 2.00. The van der Waals surface area contributed by atoms with Gasteiger partial charge in [-0.15, -0.1) is 0 Å². The Hall–Kier alpha value is -1.94. The maximum atomic E-state index is 10.5. The topological polar surface area (TPSA) is 54.6 Å². The van der Waals surface area contributed by atoms with Gasteiger partial charge in [0.25, 0.3) is 0 Å². The van der Waals surface area contributed by atoms with Crippen molar-refractivity contribution in [1.29, 1.82) is 0 Å². The molecule has 0 atom stereocenters. The predicted molar refractivity (Wildman–Crippen MR) is 96.9 cm³/mol. The van der Waals surface area contributed by atoms with E-state index in [4.69, 9.17) is 4.74 Å². The summed E-state index contributed by atoms with van der Waals surface area (Å²) in [6, 6.07) is 9.30. The molecule has 4 nitrogen and oxygen atoms in total. The molecular weight excluding hydrogens is 302 g/mol. The van der Waals surface area contributed by atoms with Crippen molar-refractivity contribution in [2.75, 3.05) is 7.11 Å². The minimum Gasteiger partial charge on any atom is -0.494 e. The molecule has 2 aromatic rings. The Morgan fingerprint density at radius 1 is 0.958 bits per heavy atom. The molecule has 2 N–H and O–H groups in total. The second kappa shape index (κ2) is 9.38. The Kier molecular flexibility index (Phi) is 7.19. The van der Waals surface area contributed by atoms with Gasteiger partial charge in [0.15, 0.2) is 5.88 Å². The van der Waals surface area contributed by atoms with Gasteiger partial charge in [0.1, 0.15) is 0 Å². The van der Waals surface area contributed by atoms with Crippen molar-refractivity contribution < 1.29 is 14.9 Å². The van der Waals surface area contributed by atoms with Gasteiger partial charge < -0.3 is 14.9 Å². The molecule has 0 saturated carbocycles. The van der Waals surface area contributed by atoms with E-state index >= 15 is 0 Å².